The van der Waals surface area contributed by atoms with Crippen LogP contribution in [0, 0.1) is 5.92 Å². The van der Waals surface area contributed by atoms with Crippen LogP contribution in [0.4, 0.5) is 4.79 Å². The van der Waals surface area contributed by atoms with E-state index in [0.29, 0.717) is 25.7 Å². The van der Waals surface area contributed by atoms with Gasteiger partial charge in [0.2, 0.25) is 0 Å². The van der Waals surface area contributed by atoms with Crippen molar-refractivity contribution in [2.24, 2.45) is 5.92 Å². The summed E-state index contributed by atoms with van der Waals surface area (Å²) in [6, 6.07) is 10.1. The molecule has 148 valence electrons. The maximum atomic E-state index is 12.3. The van der Waals surface area contributed by atoms with Crippen LogP contribution in [0.1, 0.15) is 25.3 Å². The fourth-order valence-corrected chi connectivity index (χ4v) is 3.89. The molecule has 2 fully saturated rings. The Morgan fingerprint density at radius 2 is 1.85 bits per heavy atom. The summed E-state index contributed by atoms with van der Waals surface area (Å²) in [5.41, 5.74) is 1.01. The van der Waals surface area contributed by atoms with E-state index in [1.165, 1.54) is 0 Å². The van der Waals surface area contributed by atoms with E-state index in [4.69, 9.17) is 4.74 Å². The molecular formula is C21H31N3O3. The highest BCUT2D eigenvalue weighted by Gasteiger charge is 2.28. The number of carbonyl (C=O) groups is 2. The zero-order chi connectivity index (χ0) is 19.1. The van der Waals surface area contributed by atoms with E-state index in [9.17, 15) is 9.59 Å². The molecule has 0 radical (unpaired) electrons. The third-order valence-corrected chi connectivity index (χ3v) is 5.76. The molecule has 0 aliphatic carbocycles. The highest BCUT2D eigenvalue weighted by molar-refractivity contribution is 5.67. The molecule has 1 amide bonds. The van der Waals surface area contributed by atoms with Gasteiger partial charge >= 0.3 is 6.09 Å². The van der Waals surface area contributed by atoms with E-state index in [0.717, 1.165) is 57.4 Å². The van der Waals surface area contributed by atoms with Gasteiger partial charge in [0.25, 0.3) is 0 Å². The fraction of sp³-hybridized carbons (Fsp3) is 0.619. The molecule has 0 aromatic heterocycles. The molecule has 3 rings (SSSR count). The quantitative estimate of drug-likeness (QED) is 0.716. The number of hydrogen-bond donors (Lipinski definition) is 0. The summed E-state index contributed by atoms with van der Waals surface area (Å²) in [7, 11) is 0. The van der Waals surface area contributed by atoms with E-state index in [-0.39, 0.29) is 12.0 Å². The predicted octanol–water partition coefficient (Wildman–Crippen LogP) is 2.24. The van der Waals surface area contributed by atoms with Crippen LogP contribution in [0.25, 0.3) is 0 Å². The van der Waals surface area contributed by atoms with Crippen LogP contribution in [-0.4, -0.2) is 78.9 Å². The van der Waals surface area contributed by atoms with Gasteiger partial charge in [0.05, 0.1) is 0 Å². The molecule has 2 saturated heterocycles. The molecule has 2 heterocycles. The van der Waals surface area contributed by atoms with Crippen molar-refractivity contribution >= 4 is 12.4 Å². The molecule has 1 atom stereocenters. The number of hydrogen-bond acceptors (Lipinski definition) is 5. The van der Waals surface area contributed by atoms with Gasteiger partial charge in [-0.15, -0.1) is 0 Å². The number of benzene rings is 1. The van der Waals surface area contributed by atoms with Gasteiger partial charge in [-0.25, -0.2) is 4.79 Å². The Labute approximate surface area is 162 Å². The smallest absolute Gasteiger partial charge is 0.410 e. The summed E-state index contributed by atoms with van der Waals surface area (Å²) >= 11 is 0. The van der Waals surface area contributed by atoms with E-state index in [1.807, 2.05) is 35.2 Å². The normalized spacial score (nSPS) is 22.6. The second-order valence-electron chi connectivity index (χ2n) is 7.69. The number of amides is 1. The number of aldehydes is 1. The maximum Gasteiger partial charge on any atom is 0.410 e. The summed E-state index contributed by atoms with van der Waals surface area (Å²) in [5, 5.41) is 0. The first-order valence-electron chi connectivity index (χ1n) is 10.0. The summed E-state index contributed by atoms with van der Waals surface area (Å²) in [4.78, 5) is 29.9. The van der Waals surface area contributed by atoms with Crippen molar-refractivity contribution in [3.63, 3.8) is 0 Å². The number of rotatable bonds is 6. The minimum absolute atomic E-state index is 0.221. The lowest BCUT2D eigenvalue weighted by atomic mass is 9.99. The van der Waals surface area contributed by atoms with Crippen molar-refractivity contribution in [3.8, 4) is 0 Å². The van der Waals surface area contributed by atoms with E-state index >= 15 is 0 Å². The molecule has 0 spiro atoms. The molecule has 0 unspecified atom stereocenters. The molecule has 6 nitrogen and oxygen atoms in total. The molecule has 27 heavy (non-hydrogen) atoms. The number of piperazine rings is 1. The third-order valence-electron chi connectivity index (χ3n) is 5.76. The van der Waals surface area contributed by atoms with E-state index in [2.05, 4.69) is 16.7 Å². The van der Waals surface area contributed by atoms with Gasteiger partial charge in [0, 0.05) is 44.7 Å². The first kappa shape index (κ1) is 19.8. The SMILES string of the molecule is C[C@H]1CN(C(=O)OCc2ccccc2)CCN1CCN1CCC(C=O)CC1. The largest absolute Gasteiger partial charge is 0.445 e. The first-order valence-corrected chi connectivity index (χ1v) is 10.0. The molecule has 0 N–H and O–H groups in total. The second-order valence-corrected chi connectivity index (χ2v) is 7.69. The Hall–Kier alpha value is -1.92. The number of carbonyl (C=O) groups excluding carboxylic acids is 2. The molecule has 1 aromatic carbocycles. The van der Waals surface area contributed by atoms with Gasteiger partial charge in [-0.05, 0) is 38.4 Å². The van der Waals surface area contributed by atoms with Crippen molar-refractivity contribution in [2.45, 2.75) is 32.4 Å². The van der Waals surface area contributed by atoms with Crippen molar-refractivity contribution in [1.29, 1.82) is 0 Å². The summed E-state index contributed by atoms with van der Waals surface area (Å²) < 4.78 is 5.46. The predicted molar refractivity (Wildman–Crippen MR) is 104 cm³/mol. The van der Waals surface area contributed by atoms with Crippen molar-refractivity contribution < 1.29 is 14.3 Å². The monoisotopic (exact) mass is 373 g/mol. The van der Waals surface area contributed by atoms with E-state index in [1.54, 1.807) is 0 Å². The second kappa shape index (κ2) is 9.85. The molecule has 6 heteroatoms. The first-order chi connectivity index (χ1) is 13.2. The van der Waals surface area contributed by atoms with Crippen molar-refractivity contribution in [2.75, 3.05) is 45.8 Å². The van der Waals surface area contributed by atoms with Gasteiger partial charge in [-0.1, -0.05) is 30.3 Å². The van der Waals surface area contributed by atoms with Crippen LogP contribution >= 0.6 is 0 Å². The number of ether oxygens (including phenoxy) is 1. The Balaban J connectivity index is 1.37. The summed E-state index contributed by atoms with van der Waals surface area (Å²) in [6.07, 6.45) is 2.86. The topological polar surface area (TPSA) is 53.1 Å². The van der Waals surface area contributed by atoms with Crippen molar-refractivity contribution in [3.05, 3.63) is 35.9 Å². The Morgan fingerprint density at radius 1 is 1.11 bits per heavy atom. The molecule has 1 aromatic rings. The van der Waals surface area contributed by atoms with Gasteiger partial charge in [0.1, 0.15) is 12.9 Å². The Bertz CT molecular complexity index is 602. The van der Waals surface area contributed by atoms with Crippen molar-refractivity contribution in [1.82, 2.24) is 14.7 Å². The molecule has 2 aliphatic heterocycles. The zero-order valence-corrected chi connectivity index (χ0v) is 16.3. The lowest BCUT2D eigenvalue weighted by Crippen LogP contribution is -2.55. The van der Waals surface area contributed by atoms with Gasteiger partial charge in [0.15, 0.2) is 0 Å². The lowest BCUT2D eigenvalue weighted by molar-refractivity contribution is -0.112. The van der Waals surface area contributed by atoms with Gasteiger partial charge < -0.3 is 19.3 Å². The summed E-state index contributed by atoms with van der Waals surface area (Å²) in [6.45, 7) is 8.89. The third kappa shape index (κ3) is 5.78. The Morgan fingerprint density at radius 3 is 2.52 bits per heavy atom. The van der Waals surface area contributed by atoms with Crippen LogP contribution in [-0.2, 0) is 16.1 Å². The number of nitrogens with zero attached hydrogens (tertiary/aromatic N) is 3. The number of likely N-dealkylation sites (tertiary alicyclic amines) is 1. The molecule has 0 saturated carbocycles. The zero-order valence-electron chi connectivity index (χ0n) is 16.3. The van der Waals surface area contributed by atoms with Gasteiger partial charge in [-0.2, -0.15) is 0 Å². The average molecular weight is 373 g/mol. The summed E-state index contributed by atoms with van der Waals surface area (Å²) in [5.74, 6) is 0.255. The highest BCUT2D eigenvalue weighted by atomic mass is 16.6. The molecule has 2 aliphatic rings. The molecule has 0 bridgehead atoms. The van der Waals surface area contributed by atoms with Crippen LogP contribution in [0.5, 0.6) is 0 Å². The minimum atomic E-state index is -0.221. The van der Waals surface area contributed by atoms with Gasteiger partial charge in [-0.3, -0.25) is 4.90 Å². The standard InChI is InChI=1S/C21H31N3O3/c1-18-15-24(21(26)27-17-20-5-3-2-4-6-20)14-13-23(18)12-11-22-9-7-19(16-25)8-10-22/h2-6,16,18-19H,7-15,17H2,1H3/t18-/m0/s1. The van der Waals surface area contributed by atoms with Crippen LogP contribution in [0.2, 0.25) is 0 Å². The average Bonchev–Trinajstić information content (AvgIpc) is 2.72. The van der Waals surface area contributed by atoms with E-state index < -0.39 is 0 Å². The highest BCUT2D eigenvalue weighted by Crippen LogP contribution is 2.16. The number of piperidine rings is 1. The van der Waals surface area contributed by atoms with Crippen LogP contribution in [0.3, 0.4) is 0 Å². The molecular weight excluding hydrogens is 342 g/mol. The minimum Gasteiger partial charge on any atom is -0.445 e. The maximum absolute atomic E-state index is 12.3. The van der Waals surface area contributed by atoms with Crippen LogP contribution < -0.4 is 0 Å². The fourth-order valence-electron chi connectivity index (χ4n) is 3.89. The van der Waals surface area contributed by atoms with Crippen LogP contribution in [0.15, 0.2) is 30.3 Å². The Kier molecular flexibility index (Phi) is 7.24. The lowest BCUT2D eigenvalue weighted by Gasteiger charge is -2.40.